The van der Waals surface area contributed by atoms with Crippen LogP contribution in [-0.2, 0) is 13.0 Å². The first kappa shape index (κ1) is 14.1. The normalized spacial score (nSPS) is 16.4. The highest BCUT2D eigenvalue weighted by Crippen LogP contribution is 2.23. The molecule has 1 saturated heterocycles. The zero-order valence-corrected chi connectivity index (χ0v) is 13.0. The summed E-state index contributed by atoms with van der Waals surface area (Å²) in [7, 11) is 0. The van der Waals surface area contributed by atoms with Crippen molar-refractivity contribution in [3.05, 3.63) is 56.7 Å². The van der Waals surface area contributed by atoms with Crippen LogP contribution in [-0.4, -0.2) is 31.1 Å². The molecule has 1 aliphatic rings. The van der Waals surface area contributed by atoms with Crippen molar-refractivity contribution >= 4 is 22.9 Å². The Hall–Kier alpha value is -0.870. The summed E-state index contributed by atoms with van der Waals surface area (Å²) in [5.74, 6) is 0. The molecule has 2 aromatic rings. The van der Waals surface area contributed by atoms with Gasteiger partial charge in [-0.1, -0.05) is 23.7 Å². The fourth-order valence-corrected chi connectivity index (χ4v) is 3.62. The molecule has 1 aliphatic heterocycles. The molecular weight excluding hydrogens is 288 g/mol. The van der Waals surface area contributed by atoms with Gasteiger partial charge in [0.2, 0.25) is 0 Å². The molecule has 0 radical (unpaired) electrons. The van der Waals surface area contributed by atoms with E-state index >= 15 is 0 Å². The predicted molar refractivity (Wildman–Crippen MR) is 86.7 cm³/mol. The predicted octanol–water partition coefficient (Wildman–Crippen LogP) is 3.40. The van der Waals surface area contributed by atoms with Crippen molar-refractivity contribution in [1.82, 2.24) is 10.2 Å². The van der Waals surface area contributed by atoms with E-state index in [1.807, 2.05) is 23.5 Å². The third-order valence-corrected chi connectivity index (χ3v) is 4.93. The molecule has 0 spiro atoms. The van der Waals surface area contributed by atoms with E-state index in [2.05, 4.69) is 33.8 Å². The zero-order valence-electron chi connectivity index (χ0n) is 11.4. The van der Waals surface area contributed by atoms with Crippen molar-refractivity contribution in [2.45, 2.75) is 13.0 Å². The van der Waals surface area contributed by atoms with E-state index in [1.165, 1.54) is 16.0 Å². The highest BCUT2D eigenvalue weighted by Gasteiger charge is 2.13. The molecule has 0 amide bonds. The van der Waals surface area contributed by atoms with Crippen molar-refractivity contribution in [3.63, 3.8) is 0 Å². The molecule has 1 N–H and O–H groups in total. The van der Waals surface area contributed by atoms with Gasteiger partial charge in [0, 0.05) is 49.0 Å². The van der Waals surface area contributed by atoms with Crippen LogP contribution >= 0.6 is 22.9 Å². The number of halogens is 1. The Morgan fingerprint density at radius 2 is 1.85 bits per heavy atom. The van der Waals surface area contributed by atoms with E-state index in [-0.39, 0.29) is 0 Å². The number of thiophene rings is 1. The smallest absolute Gasteiger partial charge is 0.0406 e. The van der Waals surface area contributed by atoms with E-state index < -0.39 is 0 Å². The van der Waals surface area contributed by atoms with Crippen LogP contribution in [0.1, 0.15) is 16.0 Å². The first-order chi connectivity index (χ1) is 9.81. The lowest BCUT2D eigenvalue weighted by Gasteiger charge is -2.27. The van der Waals surface area contributed by atoms with Crippen molar-refractivity contribution in [3.8, 4) is 0 Å². The van der Waals surface area contributed by atoms with Gasteiger partial charge in [-0.15, -0.1) is 11.3 Å². The molecular formula is C16H19ClN2S. The molecule has 20 heavy (non-hydrogen) atoms. The second kappa shape index (κ2) is 6.72. The highest BCUT2D eigenvalue weighted by atomic mass is 35.5. The average Bonchev–Trinajstić information content (AvgIpc) is 2.90. The summed E-state index contributed by atoms with van der Waals surface area (Å²) in [6, 6.07) is 10.5. The summed E-state index contributed by atoms with van der Waals surface area (Å²) in [6.07, 6.45) is 1.01. The minimum Gasteiger partial charge on any atom is -0.314 e. The molecule has 0 atom stereocenters. The SMILES string of the molecule is Clc1ccc(Cc2sccc2CN2CCNCC2)cc1. The van der Waals surface area contributed by atoms with Gasteiger partial charge < -0.3 is 5.32 Å². The van der Waals surface area contributed by atoms with Crippen molar-refractivity contribution in [1.29, 1.82) is 0 Å². The van der Waals surface area contributed by atoms with Crippen LogP contribution < -0.4 is 5.32 Å². The topological polar surface area (TPSA) is 15.3 Å². The minimum atomic E-state index is 0.806. The quantitative estimate of drug-likeness (QED) is 0.931. The lowest BCUT2D eigenvalue weighted by atomic mass is 10.1. The maximum Gasteiger partial charge on any atom is 0.0406 e. The van der Waals surface area contributed by atoms with Gasteiger partial charge in [-0.2, -0.15) is 0 Å². The Balaban J connectivity index is 1.68. The summed E-state index contributed by atoms with van der Waals surface area (Å²) < 4.78 is 0. The summed E-state index contributed by atoms with van der Waals surface area (Å²) >= 11 is 7.81. The van der Waals surface area contributed by atoms with Crippen LogP contribution in [0, 0.1) is 0 Å². The Morgan fingerprint density at radius 3 is 2.60 bits per heavy atom. The van der Waals surface area contributed by atoms with E-state index in [1.54, 1.807) is 0 Å². The van der Waals surface area contributed by atoms with Crippen molar-refractivity contribution in [2.24, 2.45) is 0 Å². The molecule has 2 nitrogen and oxygen atoms in total. The largest absolute Gasteiger partial charge is 0.314 e. The molecule has 2 heterocycles. The van der Waals surface area contributed by atoms with E-state index in [4.69, 9.17) is 11.6 Å². The fraction of sp³-hybridized carbons (Fsp3) is 0.375. The standard InChI is InChI=1S/C16H19ClN2S/c17-15-3-1-13(2-4-15)11-16-14(5-10-20-16)12-19-8-6-18-7-9-19/h1-5,10,18H,6-9,11-12H2. The fourth-order valence-electron chi connectivity index (χ4n) is 2.56. The molecule has 1 fully saturated rings. The Labute approximate surface area is 129 Å². The van der Waals surface area contributed by atoms with E-state index in [0.29, 0.717) is 0 Å². The molecule has 3 rings (SSSR count). The average molecular weight is 307 g/mol. The van der Waals surface area contributed by atoms with Gasteiger partial charge in [-0.25, -0.2) is 0 Å². The summed E-state index contributed by atoms with van der Waals surface area (Å²) in [5, 5.41) is 6.42. The second-order valence-electron chi connectivity index (χ2n) is 5.20. The lowest BCUT2D eigenvalue weighted by Crippen LogP contribution is -2.42. The van der Waals surface area contributed by atoms with Crippen LogP contribution in [0.15, 0.2) is 35.7 Å². The number of piperazine rings is 1. The van der Waals surface area contributed by atoms with Gasteiger partial charge in [0.25, 0.3) is 0 Å². The monoisotopic (exact) mass is 306 g/mol. The maximum atomic E-state index is 5.94. The van der Waals surface area contributed by atoms with Crippen LogP contribution in [0.5, 0.6) is 0 Å². The Morgan fingerprint density at radius 1 is 1.10 bits per heavy atom. The Bertz CT molecular complexity index is 544. The van der Waals surface area contributed by atoms with Crippen molar-refractivity contribution < 1.29 is 0 Å². The van der Waals surface area contributed by atoms with Gasteiger partial charge in [0.15, 0.2) is 0 Å². The van der Waals surface area contributed by atoms with Crippen LogP contribution in [0.3, 0.4) is 0 Å². The van der Waals surface area contributed by atoms with Crippen LogP contribution in [0.25, 0.3) is 0 Å². The van der Waals surface area contributed by atoms with Gasteiger partial charge >= 0.3 is 0 Å². The molecule has 1 aromatic heterocycles. The van der Waals surface area contributed by atoms with Crippen LogP contribution in [0.4, 0.5) is 0 Å². The summed E-state index contributed by atoms with van der Waals surface area (Å²) in [6.45, 7) is 5.59. The molecule has 4 heteroatoms. The first-order valence-corrected chi connectivity index (χ1v) is 8.30. The number of benzene rings is 1. The third-order valence-electron chi connectivity index (χ3n) is 3.72. The second-order valence-corrected chi connectivity index (χ2v) is 6.64. The number of nitrogens with zero attached hydrogens (tertiary/aromatic N) is 1. The molecule has 0 aliphatic carbocycles. The van der Waals surface area contributed by atoms with Gasteiger partial charge in [0.1, 0.15) is 0 Å². The number of hydrogen-bond donors (Lipinski definition) is 1. The van der Waals surface area contributed by atoms with E-state index in [9.17, 15) is 0 Å². The summed E-state index contributed by atoms with van der Waals surface area (Å²) in [5.41, 5.74) is 2.81. The maximum absolute atomic E-state index is 5.94. The Kier molecular flexibility index (Phi) is 4.73. The third kappa shape index (κ3) is 3.61. The van der Waals surface area contributed by atoms with Crippen molar-refractivity contribution in [2.75, 3.05) is 26.2 Å². The number of rotatable bonds is 4. The lowest BCUT2D eigenvalue weighted by molar-refractivity contribution is 0.233. The molecule has 106 valence electrons. The highest BCUT2D eigenvalue weighted by molar-refractivity contribution is 7.10. The van der Waals surface area contributed by atoms with Gasteiger partial charge in [-0.05, 0) is 34.7 Å². The van der Waals surface area contributed by atoms with Crippen LogP contribution in [0.2, 0.25) is 5.02 Å². The minimum absolute atomic E-state index is 0.806. The number of hydrogen-bond acceptors (Lipinski definition) is 3. The first-order valence-electron chi connectivity index (χ1n) is 7.04. The van der Waals surface area contributed by atoms with E-state index in [0.717, 1.165) is 44.2 Å². The zero-order chi connectivity index (χ0) is 13.8. The van der Waals surface area contributed by atoms with Gasteiger partial charge in [-0.3, -0.25) is 4.90 Å². The molecule has 0 bridgehead atoms. The number of nitrogens with one attached hydrogen (secondary N) is 1. The van der Waals surface area contributed by atoms with Gasteiger partial charge in [0.05, 0.1) is 0 Å². The molecule has 0 unspecified atom stereocenters. The molecule has 0 saturated carbocycles. The summed E-state index contributed by atoms with van der Waals surface area (Å²) in [4.78, 5) is 4.01. The molecule has 1 aromatic carbocycles.